The van der Waals surface area contributed by atoms with Gasteiger partial charge < -0.3 is 10.4 Å². The van der Waals surface area contributed by atoms with Crippen LogP contribution in [0, 0.1) is 0 Å². The standard InChI is InChI=1S/C12H13BrClNO3S/c1-19-5-4-10(12(17)18)15-11(16)7-2-3-9(14)8(13)6-7/h2-3,6,10H,4-5H2,1H3,(H,15,16)(H,17,18)/t10-/m0/s1. The normalized spacial score (nSPS) is 11.9. The summed E-state index contributed by atoms with van der Waals surface area (Å²) in [6, 6.07) is 3.81. The van der Waals surface area contributed by atoms with E-state index in [0.29, 0.717) is 27.2 Å². The summed E-state index contributed by atoms with van der Waals surface area (Å²) < 4.78 is 0.595. The topological polar surface area (TPSA) is 66.4 Å². The number of amides is 1. The van der Waals surface area contributed by atoms with Crippen LogP contribution in [-0.4, -0.2) is 35.0 Å². The van der Waals surface area contributed by atoms with E-state index in [0.717, 1.165) is 0 Å². The Labute approximate surface area is 129 Å². The van der Waals surface area contributed by atoms with Gasteiger partial charge in [-0.1, -0.05) is 11.6 Å². The van der Waals surface area contributed by atoms with Crippen molar-refractivity contribution in [1.29, 1.82) is 0 Å². The van der Waals surface area contributed by atoms with Gasteiger partial charge in [-0.3, -0.25) is 4.79 Å². The molecule has 0 unspecified atom stereocenters. The number of carboxylic acid groups (broad SMARTS) is 1. The van der Waals surface area contributed by atoms with E-state index in [1.807, 2.05) is 6.26 Å². The van der Waals surface area contributed by atoms with Crippen LogP contribution in [-0.2, 0) is 4.79 Å². The number of rotatable bonds is 6. The first-order chi connectivity index (χ1) is 8.95. The Kier molecular flexibility index (Phi) is 6.68. The number of halogens is 2. The molecular formula is C12H13BrClNO3S. The fourth-order valence-corrected chi connectivity index (χ4v) is 2.34. The van der Waals surface area contributed by atoms with Gasteiger partial charge in [-0.25, -0.2) is 4.79 Å². The summed E-state index contributed by atoms with van der Waals surface area (Å²) in [4.78, 5) is 23.0. The first kappa shape index (κ1) is 16.3. The second-order valence-electron chi connectivity index (χ2n) is 3.77. The summed E-state index contributed by atoms with van der Waals surface area (Å²) in [6.45, 7) is 0. The van der Waals surface area contributed by atoms with E-state index in [4.69, 9.17) is 16.7 Å². The Morgan fingerprint density at radius 3 is 2.74 bits per heavy atom. The molecular weight excluding hydrogens is 354 g/mol. The molecule has 4 nitrogen and oxygen atoms in total. The van der Waals surface area contributed by atoms with Gasteiger partial charge in [0.05, 0.1) is 5.02 Å². The molecule has 104 valence electrons. The summed E-state index contributed by atoms with van der Waals surface area (Å²) in [5.74, 6) is -0.789. The van der Waals surface area contributed by atoms with Crippen LogP contribution in [0.2, 0.25) is 5.02 Å². The number of carbonyl (C=O) groups excluding carboxylic acids is 1. The van der Waals surface area contributed by atoms with E-state index in [-0.39, 0.29) is 0 Å². The Balaban J connectivity index is 2.75. The van der Waals surface area contributed by atoms with Crippen LogP contribution in [0.4, 0.5) is 0 Å². The molecule has 0 saturated heterocycles. The highest BCUT2D eigenvalue weighted by molar-refractivity contribution is 9.10. The fourth-order valence-electron chi connectivity index (χ4n) is 1.37. The third kappa shape index (κ3) is 5.04. The lowest BCUT2D eigenvalue weighted by Gasteiger charge is -2.14. The lowest BCUT2D eigenvalue weighted by molar-refractivity contribution is -0.139. The first-order valence-corrected chi connectivity index (χ1v) is 8.00. The third-order valence-corrected chi connectivity index (χ3v) is 4.25. The van der Waals surface area contributed by atoms with Crippen LogP contribution < -0.4 is 5.32 Å². The van der Waals surface area contributed by atoms with Crippen LogP contribution in [0.5, 0.6) is 0 Å². The summed E-state index contributed by atoms with van der Waals surface area (Å²) in [5.41, 5.74) is 0.367. The van der Waals surface area contributed by atoms with Crippen molar-refractivity contribution in [2.75, 3.05) is 12.0 Å². The second kappa shape index (κ2) is 7.77. The van der Waals surface area contributed by atoms with Gasteiger partial charge in [0.25, 0.3) is 5.91 Å². The molecule has 1 atom stereocenters. The zero-order valence-corrected chi connectivity index (χ0v) is 13.3. The minimum absolute atomic E-state index is 0.367. The number of hydrogen-bond donors (Lipinski definition) is 2. The lowest BCUT2D eigenvalue weighted by Crippen LogP contribution is -2.41. The fraction of sp³-hybridized carbons (Fsp3) is 0.333. The maximum absolute atomic E-state index is 11.9. The van der Waals surface area contributed by atoms with Crippen LogP contribution in [0.3, 0.4) is 0 Å². The summed E-state index contributed by atoms with van der Waals surface area (Å²) >= 11 is 10.6. The number of benzene rings is 1. The first-order valence-electron chi connectivity index (χ1n) is 5.43. The molecule has 19 heavy (non-hydrogen) atoms. The molecule has 0 saturated carbocycles. The van der Waals surface area contributed by atoms with E-state index in [1.165, 1.54) is 11.8 Å². The molecule has 0 aromatic heterocycles. The Bertz CT molecular complexity index is 484. The van der Waals surface area contributed by atoms with E-state index >= 15 is 0 Å². The second-order valence-corrected chi connectivity index (χ2v) is 6.02. The molecule has 7 heteroatoms. The van der Waals surface area contributed by atoms with Gasteiger partial charge >= 0.3 is 5.97 Å². The van der Waals surface area contributed by atoms with Crippen molar-refractivity contribution in [3.05, 3.63) is 33.3 Å². The number of thioether (sulfide) groups is 1. The maximum atomic E-state index is 11.9. The highest BCUT2D eigenvalue weighted by atomic mass is 79.9. The van der Waals surface area contributed by atoms with Crippen molar-refractivity contribution in [2.24, 2.45) is 0 Å². The van der Waals surface area contributed by atoms with Gasteiger partial charge in [-0.2, -0.15) is 11.8 Å². The summed E-state index contributed by atoms with van der Waals surface area (Å²) in [6.07, 6.45) is 2.27. The largest absolute Gasteiger partial charge is 0.480 e. The molecule has 0 spiro atoms. The molecule has 0 aliphatic rings. The number of carboxylic acids is 1. The molecule has 0 bridgehead atoms. The Hall–Kier alpha value is -0.720. The Morgan fingerprint density at radius 1 is 1.53 bits per heavy atom. The molecule has 1 aromatic carbocycles. The van der Waals surface area contributed by atoms with Gasteiger partial charge in [0.1, 0.15) is 6.04 Å². The summed E-state index contributed by atoms with van der Waals surface area (Å²) in [7, 11) is 0. The smallest absolute Gasteiger partial charge is 0.326 e. The predicted octanol–water partition coefficient (Wildman–Crippen LogP) is 3.04. The number of carbonyl (C=O) groups is 2. The lowest BCUT2D eigenvalue weighted by atomic mass is 10.1. The zero-order chi connectivity index (χ0) is 14.4. The molecule has 1 amide bonds. The molecule has 1 rings (SSSR count). The molecule has 0 fully saturated rings. The van der Waals surface area contributed by atoms with Crippen LogP contribution >= 0.6 is 39.3 Å². The highest BCUT2D eigenvalue weighted by Crippen LogP contribution is 2.23. The Morgan fingerprint density at radius 2 is 2.21 bits per heavy atom. The van der Waals surface area contributed by atoms with E-state index in [9.17, 15) is 9.59 Å². The SMILES string of the molecule is CSCC[C@H](NC(=O)c1ccc(Cl)c(Br)c1)C(=O)O. The van der Waals surface area contributed by atoms with Crippen LogP contribution in [0.15, 0.2) is 22.7 Å². The molecule has 0 aliphatic heterocycles. The zero-order valence-electron chi connectivity index (χ0n) is 10.2. The minimum Gasteiger partial charge on any atom is -0.480 e. The van der Waals surface area contributed by atoms with Gasteiger partial charge in [0.2, 0.25) is 0 Å². The average molecular weight is 367 g/mol. The number of aliphatic carboxylic acids is 1. The van der Waals surface area contributed by atoms with Gasteiger partial charge in [0, 0.05) is 10.0 Å². The highest BCUT2D eigenvalue weighted by Gasteiger charge is 2.20. The molecule has 0 heterocycles. The van der Waals surface area contributed by atoms with Crippen LogP contribution in [0.1, 0.15) is 16.8 Å². The monoisotopic (exact) mass is 365 g/mol. The predicted molar refractivity (Wildman–Crippen MR) is 81.0 cm³/mol. The van der Waals surface area contributed by atoms with E-state index < -0.39 is 17.9 Å². The minimum atomic E-state index is -1.03. The molecule has 1 aromatic rings. The number of nitrogens with one attached hydrogen (secondary N) is 1. The average Bonchev–Trinajstić information content (AvgIpc) is 2.37. The van der Waals surface area contributed by atoms with E-state index in [2.05, 4.69) is 21.2 Å². The molecule has 0 aliphatic carbocycles. The van der Waals surface area contributed by atoms with Crippen molar-refractivity contribution in [2.45, 2.75) is 12.5 Å². The molecule has 2 N–H and O–H groups in total. The maximum Gasteiger partial charge on any atom is 0.326 e. The summed E-state index contributed by atoms with van der Waals surface area (Å²) in [5, 5.41) is 12.0. The quantitative estimate of drug-likeness (QED) is 0.812. The van der Waals surface area contributed by atoms with Crippen molar-refractivity contribution in [3.8, 4) is 0 Å². The number of hydrogen-bond acceptors (Lipinski definition) is 3. The van der Waals surface area contributed by atoms with Crippen molar-refractivity contribution >= 4 is 51.2 Å². The van der Waals surface area contributed by atoms with Gasteiger partial charge in [0.15, 0.2) is 0 Å². The van der Waals surface area contributed by atoms with Gasteiger partial charge in [-0.05, 0) is 52.6 Å². The third-order valence-electron chi connectivity index (χ3n) is 2.40. The van der Waals surface area contributed by atoms with Crippen LogP contribution in [0.25, 0.3) is 0 Å². The van der Waals surface area contributed by atoms with Crippen molar-refractivity contribution in [3.63, 3.8) is 0 Å². The van der Waals surface area contributed by atoms with Gasteiger partial charge in [-0.15, -0.1) is 0 Å². The van der Waals surface area contributed by atoms with Crippen molar-refractivity contribution < 1.29 is 14.7 Å². The van der Waals surface area contributed by atoms with Crippen molar-refractivity contribution in [1.82, 2.24) is 5.32 Å². The molecule has 0 radical (unpaired) electrons. The van der Waals surface area contributed by atoms with E-state index in [1.54, 1.807) is 18.2 Å².